The number of aliphatic hydroxyl groups is 1. The van der Waals surface area contributed by atoms with E-state index < -0.39 is 18.7 Å². The molecule has 0 aromatic carbocycles. The number of hydrogen-bond donors (Lipinski definition) is 1. The van der Waals surface area contributed by atoms with Crippen molar-refractivity contribution >= 4 is 11.9 Å². The number of carbonyl (C=O) groups is 2. The molecule has 1 unspecified atom stereocenters. The van der Waals surface area contributed by atoms with Crippen LogP contribution in [-0.2, 0) is 19.1 Å². The fourth-order valence-electron chi connectivity index (χ4n) is 4.50. The Labute approximate surface area is 317 Å². The third-order valence-electron chi connectivity index (χ3n) is 7.46. The zero-order chi connectivity index (χ0) is 37.8. The average Bonchev–Trinajstić information content (AvgIpc) is 3.15. The predicted octanol–water partition coefficient (Wildman–Crippen LogP) is 12.6. The quantitative estimate of drug-likeness (QED) is 0.0416. The zero-order valence-corrected chi connectivity index (χ0v) is 32.5. The van der Waals surface area contributed by atoms with E-state index in [1.807, 2.05) is 24.3 Å². The number of ether oxygens (including phenoxy) is 2. The van der Waals surface area contributed by atoms with Crippen LogP contribution in [0.2, 0.25) is 0 Å². The summed E-state index contributed by atoms with van der Waals surface area (Å²) >= 11 is 0. The summed E-state index contributed by atoms with van der Waals surface area (Å²) < 4.78 is 10.5. The molecule has 0 aromatic heterocycles. The smallest absolute Gasteiger partial charge is 0.306 e. The van der Waals surface area contributed by atoms with Crippen molar-refractivity contribution in [1.82, 2.24) is 0 Å². The minimum Gasteiger partial charge on any atom is -0.462 e. The number of carbonyl (C=O) groups excluding carboxylic acids is 2. The van der Waals surface area contributed by atoms with Crippen LogP contribution in [0.5, 0.6) is 0 Å². The van der Waals surface area contributed by atoms with Crippen LogP contribution in [0, 0.1) is 0 Å². The Bertz CT molecular complexity index is 1170. The maximum Gasteiger partial charge on any atom is 0.306 e. The van der Waals surface area contributed by atoms with Gasteiger partial charge < -0.3 is 14.6 Å². The summed E-state index contributed by atoms with van der Waals surface area (Å²) in [4.78, 5) is 24.2. The highest BCUT2D eigenvalue weighted by Crippen LogP contribution is 2.04. The van der Waals surface area contributed by atoms with Crippen molar-refractivity contribution in [3.8, 4) is 0 Å². The molecule has 0 aromatic rings. The lowest BCUT2D eigenvalue weighted by Gasteiger charge is -2.15. The second-order valence-electron chi connectivity index (χ2n) is 12.3. The second kappa shape index (κ2) is 41.5. The summed E-state index contributed by atoms with van der Waals surface area (Å²) in [5, 5.41) is 9.54. The van der Waals surface area contributed by atoms with Gasteiger partial charge >= 0.3 is 11.9 Å². The highest BCUT2D eigenvalue weighted by molar-refractivity contribution is 5.70. The Morgan fingerprint density at radius 1 is 0.462 bits per heavy atom. The van der Waals surface area contributed by atoms with Gasteiger partial charge in [0.15, 0.2) is 6.10 Å². The summed E-state index contributed by atoms with van der Waals surface area (Å²) in [5.41, 5.74) is 0. The van der Waals surface area contributed by atoms with Gasteiger partial charge in [-0.25, -0.2) is 0 Å². The fraction of sp³-hybridized carbons (Fsp3) is 0.489. The molecule has 0 aliphatic rings. The van der Waals surface area contributed by atoms with E-state index in [0.29, 0.717) is 12.8 Å². The lowest BCUT2D eigenvalue weighted by atomic mass is 10.2. The molecule has 0 fully saturated rings. The van der Waals surface area contributed by atoms with Crippen LogP contribution in [0.25, 0.3) is 0 Å². The van der Waals surface area contributed by atoms with E-state index in [1.165, 1.54) is 25.7 Å². The van der Waals surface area contributed by atoms with Crippen molar-refractivity contribution in [3.05, 3.63) is 134 Å². The summed E-state index contributed by atoms with van der Waals surface area (Å²) in [7, 11) is 0. The van der Waals surface area contributed by atoms with Crippen molar-refractivity contribution < 1.29 is 24.2 Å². The Morgan fingerprint density at radius 2 is 0.808 bits per heavy atom. The molecule has 0 bridgehead atoms. The standard InChI is InChI=1S/C47H70O5/c1-3-5-7-9-11-13-15-17-19-21-23-25-27-29-31-33-35-37-39-41-46(49)51-44-45(43-48)52-47(50)42-40-38-36-34-32-30-28-26-24-22-20-18-16-14-12-10-8-6-4-2/h5,7,11-14,17-20,23-26,29-32,35-38,45,48H,3-4,6,8-10,15-16,21-22,27-28,33-34,39-44H2,1-2H3. The molecule has 5 nitrogen and oxygen atoms in total. The van der Waals surface area contributed by atoms with Crippen molar-refractivity contribution in [2.45, 2.75) is 136 Å². The minimum absolute atomic E-state index is 0.146. The summed E-state index contributed by atoms with van der Waals surface area (Å²) in [6.07, 6.45) is 62.4. The first-order valence-electron chi connectivity index (χ1n) is 19.7. The molecule has 0 saturated carbocycles. The van der Waals surface area contributed by atoms with E-state index >= 15 is 0 Å². The fourth-order valence-corrected chi connectivity index (χ4v) is 4.50. The molecule has 0 saturated heterocycles. The highest BCUT2D eigenvalue weighted by atomic mass is 16.6. The van der Waals surface area contributed by atoms with Gasteiger partial charge in [-0.05, 0) is 89.9 Å². The first-order chi connectivity index (χ1) is 25.6. The predicted molar refractivity (Wildman–Crippen MR) is 223 cm³/mol. The van der Waals surface area contributed by atoms with Gasteiger partial charge in [-0.2, -0.15) is 0 Å². The topological polar surface area (TPSA) is 72.8 Å². The minimum atomic E-state index is -0.852. The Kier molecular flexibility index (Phi) is 38.3. The van der Waals surface area contributed by atoms with Crippen LogP contribution in [0.4, 0.5) is 0 Å². The lowest BCUT2D eigenvalue weighted by molar-refractivity contribution is -0.161. The van der Waals surface area contributed by atoms with Crippen molar-refractivity contribution in [1.29, 1.82) is 0 Å². The Balaban J connectivity index is 3.87. The van der Waals surface area contributed by atoms with Crippen LogP contribution in [-0.4, -0.2) is 36.4 Å². The van der Waals surface area contributed by atoms with Crippen molar-refractivity contribution in [3.63, 3.8) is 0 Å². The monoisotopic (exact) mass is 715 g/mol. The second-order valence-corrected chi connectivity index (χ2v) is 12.3. The van der Waals surface area contributed by atoms with Gasteiger partial charge in [0.2, 0.25) is 0 Å². The summed E-state index contributed by atoms with van der Waals surface area (Å²) in [6.45, 7) is 3.83. The molecule has 0 aliphatic heterocycles. The molecule has 52 heavy (non-hydrogen) atoms. The Morgan fingerprint density at radius 3 is 1.17 bits per heavy atom. The largest absolute Gasteiger partial charge is 0.462 e. The van der Waals surface area contributed by atoms with E-state index in [9.17, 15) is 14.7 Å². The van der Waals surface area contributed by atoms with Gasteiger partial charge in [-0.1, -0.05) is 160 Å². The Hall–Kier alpha value is -3.96. The van der Waals surface area contributed by atoms with Crippen LogP contribution in [0.1, 0.15) is 129 Å². The molecule has 288 valence electrons. The number of hydrogen-bond acceptors (Lipinski definition) is 5. The number of aliphatic hydroxyl groups excluding tert-OH is 1. The third kappa shape index (κ3) is 38.8. The van der Waals surface area contributed by atoms with Crippen LogP contribution in [0.3, 0.4) is 0 Å². The van der Waals surface area contributed by atoms with Crippen LogP contribution < -0.4 is 0 Å². The summed E-state index contributed by atoms with van der Waals surface area (Å²) in [5.74, 6) is -0.802. The lowest BCUT2D eigenvalue weighted by Crippen LogP contribution is -2.28. The number of rotatable bonds is 33. The maximum absolute atomic E-state index is 12.1. The number of unbranched alkanes of at least 4 members (excludes halogenated alkanes) is 3. The van der Waals surface area contributed by atoms with Gasteiger partial charge in [0.25, 0.3) is 0 Å². The number of allylic oxidation sites excluding steroid dienone is 22. The molecule has 1 atom stereocenters. The first kappa shape index (κ1) is 48.0. The van der Waals surface area contributed by atoms with E-state index in [-0.39, 0.29) is 25.4 Å². The molecule has 0 spiro atoms. The normalized spacial score (nSPS) is 13.7. The molecule has 0 aliphatic carbocycles. The average molecular weight is 715 g/mol. The van der Waals surface area contributed by atoms with Gasteiger partial charge in [-0.3, -0.25) is 9.59 Å². The van der Waals surface area contributed by atoms with Crippen LogP contribution in [0.15, 0.2) is 134 Å². The van der Waals surface area contributed by atoms with Gasteiger partial charge in [0, 0.05) is 12.8 Å². The van der Waals surface area contributed by atoms with Gasteiger partial charge in [0.1, 0.15) is 6.61 Å². The molecule has 0 radical (unpaired) electrons. The van der Waals surface area contributed by atoms with Gasteiger partial charge in [-0.15, -0.1) is 0 Å². The molecular formula is C47H70O5. The first-order valence-corrected chi connectivity index (χ1v) is 19.7. The van der Waals surface area contributed by atoms with Crippen molar-refractivity contribution in [2.75, 3.05) is 13.2 Å². The van der Waals surface area contributed by atoms with Crippen molar-refractivity contribution in [2.24, 2.45) is 0 Å². The maximum atomic E-state index is 12.1. The SMILES string of the molecule is CCC=CCC=CCC=CCC=CCC=CCC=CCCC(=O)OCC(CO)OC(=O)CCC=CCC=CCC=CCC=CCC=CCCCCC. The number of esters is 2. The molecule has 0 heterocycles. The van der Waals surface area contributed by atoms with E-state index in [4.69, 9.17) is 9.47 Å². The van der Waals surface area contributed by atoms with E-state index in [0.717, 1.165) is 64.2 Å². The van der Waals surface area contributed by atoms with Gasteiger partial charge in [0.05, 0.1) is 6.61 Å². The molecular weight excluding hydrogens is 645 g/mol. The highest BCUT2D eigenvalue weighted by Gasteiger charge is 2.15. The third-order valence-corrected chi connectivity index (χ3v) is 7.46. The molecule has 5 heteroatoms. The van der Waals surface area contributed by atoms with E-state index in [2.05, 4.69) is 123 Å². The molecule has 0 rings (SSSR count). The van der Waals surface area contributed by atoms with Crippen LogP contribution >= 0.6 is 0 Å². The zero-order valence-electron chi connectivity index (χ0n) is 32.5. The van der Waals surface area contributed by atoms with E-state index in [1.54, 1.807) is 0 Å². The summed E-state index contributed by atoms with van der Waals surface area (Å²) in [6, 6.07) is 0. The molecule has 0 amide bonds. The molecule has 1 N–H and O–H groups in total.